The van der Waals surface area contributed by atoms with Crippen LogP contribution in [0, 0.1) is 0 Å². The lowest BCUT2D eigenvalue weighted by Crippen LogP contribution is -2.49. The summed E-state index contributed by atoms with van der Waals surface area (Å²) in [6.45, 7) is 5.56. The van der Waals surface area contributed by atoms with E-state index in [4.69, 9.17) is 17.0 Å². The molecule has 1 saturated heterocycles. The van der Waals surface area contributed by atoms with E-state index in [9.17, 15) is 4.79 Å². The fraction of sp³-hybridized carbons (Fsp3) is 0.467. The molecule has 20 heavy (non-hydrogen) atoms. The molecule has 1 N–H and O–H groups in total. The van der Waals surface area contributed by atoms with Crippen molar-refractivity contribution in [3.63, 3.8) is 0 Å². The molecule has 0 saturated carbocycles. The maximum Gasteiger partial charge on any atom is 0.227 e. The minimum atomic E-state index is 0.0152. The third-order valence-corrected chi connectivity index (χ3v) is 3.47. The maximum atomic E-state index is 11.2. The molecule has 0 spiro atoms. The van der Waals surface area contributed by atoms with Gasteiger partial charge in [-0.05, 0) is 50.2 Å². The van der Waals surface area contributed by atoms with Crippen molar-refractivity contribution in [1.29, 1.82) is 0 Å². The van der Waals surface area contributed by atoms with Crippen molar-refractivity contribution in [3.8, 4) is 5.75 Å². The largest absolute Gasteiger partial charge is 0.491 e. The highest BCUT2D eigenvalue weighted by atomic mass is 32.1. The number of amides is 1. The lowest BCUT2D eigenvalue weighted by Gasteiger charge is -2.29. The predicted molar refractivity (Wildman–Crippen MR) is 82.8 cm³/mol. The summed E-state index contributed by atoms with van der Waals surface area (Å²) in [4.78, 5) is 13.2. The van der Waals surface area contributed by atoms with Crippen LogP contribution in [0.5, 0.6) is 5.75 Å². The van der Waals surface area contributed by atoms with E-state index in [1.165, 1.54) is 5.56 Å². The standard InChI is InChI=1S/C15H20N2O2S/c1-11(2)19-13-5-3-12(4-6-13)7-9-17-10-8-14(18)16-15(17)20/h3-6,11H,7-10H2,1-2H3,(H,16,18,20). The van der Waals surface area contributed by atoms with Gasteiger partial charge >= 0.3 is 0 Å². The van der Waals surface area contributed by atoms with Crippen molar-refractivity contribution in [2.75, 3.05) is 13.1 Å². The zero-order chi connectivity index (χ0) is 14.5. The van der Waals surface area contributed by atoms with Gasteiger partial charge in [0.05, 0.1) is 6.10 Å². The smallest absolute Gasteiger partial charge is 0.227 e. The van der Waals surface area contributed by atoms with Crippen molar-refractivity contribution in [1.82, 2.24) is 10.2 Å². The zero-order valence-corrected chi connectivity index (χ0v) is 12.7. The molecule has 0 atom stereocenters. The molecule has 0 radical (unpaired) electrons. The van der Waals surface area contributed by atoms with E-state index in [1.54, 1.807) is 0 Å². The normalized spacial score (nSPS) is 15.4. The summed E-state index contributed by atoms with van der Waals surface area (Å²) in [5, 5.41) is 3.24. The van der Waals surface area contributed by atoms with Gasteiger partial charge in [-0.2, -0.15) is 0 Å². The summed E-state index contributed by atoms with van der Waals surface area (Å²) in [6.07, 6.45) is 1.61. The SMILES string of the molecule is CC(C)Oc1ccc(CCN2CCC(=O)NC2=S)cc1. The van der Waals surface area contributed by atoms with Crippen LogP contribution >= 0.6 is 12.2 Å². The van der Waals surface area contributed by atoms with Crippen LogP contribution in [-0.4, -0.2) is 35.1 Å². The molecule has 4 nitrogen and oxygen atoms in total. The second kappa shape index (κ2) is 6.70. The molecule has 1 aromatic carbocycles. The van der Waals surface area contributed by atoms with Gasteiger partial charge in [0.25, 0.3) is 0 Å². The van der Waals surface area contributed by atoms with E-state index in [1.807, 2.05) is 30.9 Å². The van der Waals surface area contributed by atoms with Gasteiger partial charge in [-0.1, -0.05) is 12.1 Å². The third-order valence-electron chi connectivity index (χ3n) is 3.11. The number of nitrogens with one attached hydrogen (secondary N) is 1. The molecule has 1 aliphatic rings. The Balaban J connectivity index is 1.84. The first kappa shape index (κ1) is 14.8. The van der Waals surface area contributed by atoms with Crippen molar-refractivity contribution in [2.24, 2.45) is 0 Å². The van der Waals surface area contributed by atoms with Gasteiger partial charge in [0.1, 0.15) is 5.75 Å². The van der Waals surface area contributed by atoms with Crippen molar-refractivity contribution in [3.05, 3.63) is 29.8 Å². The number of rotatable bonds is 5. The summed E-state index contributed by atoms with van der Waals surface area (Å²) in [5.74, 6) is 0.908. The van der Waals surface area contributed by atoms with Crippen molar-refractivity contribution < 1.29 is 9.53 Å². The summed E-state index contributed by atoms with van der Waals surface area (Å²) in [6, 6.07) is 8.13. The number of thiocarbonyl (C=S) groups is 1. The monoisotopic (exact) mass is 292 g/mol. The zero-order valence-electron chi connectivity index (χ0n) is 11.9. The minimum absolute atomic E-state index is 0.0152. The Bertz CT molecular complexity index is 485. The molecule has 0 aliphatic carbocycles. The van der Waals surface area contributed by atoms with E-state index in [2.05, 4.69) is 17.4 Å². The Morgan fingerprint density at radius 2 is 2.05 bits per heavy atom. The fourth-order valence-corrected chi connectivity index (χ4v) is 2.38. The van der Waals surface area contributed by atoms with Crippen LogP contribution in [0.15, 0.2) is 24.3 Å². The number of hydrogen-bond acceptors (Lipinski definition) is 3. The average Bonchev–Trinajstić information content (AvgIpc) is 2.39. The molecule has 1 amide bonds. The van der Waals surface area contributed by atoms with Gasteiger partial charge in [0, 0.05) is 19.5 Å². The highest BCUT2D eigenvalue weighted by Crippen LogP contribution is 2.14. The molecule has 0 aromatic heterocycles. The molecule has 0 unspecified atom stereocenters. The van der Waals surface area contributed by atoms with Gasteiger partial charge in [-0.3, -0.25) is 4.79 Å². The van der Waals surface area contributed by atoms with E-state index in [0.717, 1.165) is 18.7 Å². The Labute approximate surface area is 125 Å². The van der Waals surface area contributed by atoms with E-state index in [0.29, 0.717) is 18.1 Å². The quantitative estimate of drug-likeness (QED) is 0.844. The maximum absolute atomic E-state index is 11.2. The van der Waals surface area contributed by atoms with Crippen LogP contribution in [0.3, 0.4) is 0 Å². The van der Waals surface area contributed by atoms with E-state index < -0.39 is 0 Å². The lowest BCUT2D eigenvalue weighted by molar-refractivity contribution is -0.120. The van der Waals surface area contributed by atoms with Gasteiger partial charge in [-0.15, -0.1) is 0 Å². The second-order valence-electron chi connectivity index (χ2n) is 5.15. The molecule has 1 aromatic rings. The fourth-order valence-electron chi connectivity index (χ4n) is 2.08. The first-order chi connectivity index (χ1) is 9.54. The number of benzene rings is 1. The molecule has 1 fully saturated rings. The van der Waals surface area contributed by atoms with E-state index >= 15 is 0 Å². The van der Waals surface area contributed by atoms with Gasteiger partial charge in [0.15, 0.2) is 5.11 Å². The summed E-state index contributed by atoms with van der Waals surface area (Å²) in [5.41, 5.74) is 1.24. The molecule has 1 heterocycles. The van der Waals surface area contributed by atoms with Crippen LogP contribution in [-0.2, 0) is 11.2 Å². The van der Waals surface area contributed by atoms with Crippen LogP contribution < -0.4 is 10.1 Å². The number of hydrogen-bond donors (Lipinski definition) is 1. The molecule has 108 valence electrons. The molecule has 2 rings (SSSR count). The average molecular weight is 292 g/mol. The van der Waals surface area contributed by atoms with Crippen molar-refractivity contribution >= 4 is 23.2 Å². The Hall–Kier alpha value is -1.62. The highest BCUT2D eigenvalue weighted by molar-refractivity contribution is 7.80. The van der Waals surface area contributed by atoms with Crippen LogP contribution in [0.4, 0.5) is 0 Å². The Kier molecular flexibility index (Phi) is 4.95. The van der Waals surface area contributed by atoms with Gasteiger partial charge in [0.2, 0.25) is 5.91 Å². The first-order valence-electron chi connectivity index (χ1n) is 6.89. The number of carbonyl (C=O) groups excluding carboxylic acids is 1. The molecular weight excluding hydrogens is 272 g/mol. The van der Waals surface area contributed by atoms with Gasteiger partial charge < -0.3 is 15.0 Å². The van der Waals surface area contributed by atoms with E-state index in [-0.39, 0.29) is 12.0 Å². The minimum Gasteiger partial charge on any atom is -0.491 e. The third kappa shape index (κ3) is 4.20. The summed E-state index contributed by atoms with van der Waals surface area (Å²) >= 11 is 5.16. The topological polar surface area (TPSA) is 41.6 Å². The van der Waals surface area contributed by atoms with Crippen molar-refractivity contribution in [2.45, 2.75) is 32.8 Å². The second-order valence-corrected chi connectivity index (χ2v) is 5.54. The molecule has 1 aliphatic heterocycles. The lowest BCUT2D eigenvalue weighted by atomic mass is 10.1. The van der Waals surface area contributed by atoms with Gasteiger partial charge in [-0.25, -0.2) is 0 Å². The van der Waals surface area contributed by atoms with Crippen LogP contribution in [0.1, 0.15) is 25.8 Å². The summed E-state index contributed by atoms with van der Waals surface area (Å²) < 4.78 is 5.61. The van der Waals surface area contributed by atoms with Crippen LogP contribution in [0.2, 0.25) is 0 Å². The summed E-state index contributed by atoms with van der Waals surface area (Å²) in [7, 11) is 0. The molecule has 0 bridgehead atoms. The number of nitrogens with zero attached hydrogens (tertiary/aromatic N) is 1. The first-order valence-corrected chi connectivity index (χ1v) is 7.30. The highest BCUT2D eigenvalue weighted by Gasteiger charge is 2.18. The molecule has 5 heteroatoms. The Morgan fingerprint density at radius 1 is 1.35 bits per heavy atom. The van der Waals surface area contributed by atoms with Crippen LogP contribution in [0.25, 0.3) is 0 Å². The number of carbonyl (C=O) groups is 1. The molecular formula is C15H20N2O2S. The number of ether oxygens (including phenoxy) is 1. The Morgan fingerprint density at radius 3 is 2.65 bits per heavy atom. The predicted octanol–water partition coefficient (Wildman–Crippen LogP) is 2.12.